The van der Waals surface area contributed by atoms with E-state index >= 15 is 0 Å². The molecule has 1 rings (SSSR count). The Kier molecular flexibility index (Phi) is 4.71. The molecule has 0 fully saturated rings. The first-order valence-electron chi connectivity index (χ1n) is 5.70. The molecule has 0 aromatic heterocycles. The van der Waals surface area contributed by atoms with Crippen LogP contribution < -0.4 is 5.32 Å². The van der Waals surface area contributed by atoms with Gasteiger partial charge in [0.2, 0.25) is 5.91 Å². The maximum absolute atomic E-state index is 11.4. The number of carbonyl (C=O) groups is 2. The maximum Gasteiger partial charge on any atom is 0.337 e. The van der Waals surface area contributed by atoms with E-state index in [4.69, 9.17) is 5.11 Å². The highest BCUT2D eigenvalue weighted by Crippen LogP contribution is 2.17. The van der Waals surface area contributed by atoms with Crippen LogP contribution in [-0.4, -0.2) is 42.5 Å². The fourth-order valence-corrected chi connectivity index (χ4v) is 1.52. The van der Waals surface area contributed by atoms with Crippen LogP contribution >= 0.6 is 0 Å². The number of hydrogen-bond acceptors (Lipinski definition) is 3. The van der Waals surface area contributed by atoms with E-state index in [1.165, 1.54) is 4.90 Å². The summed E-state index contributed by atoms with van der Waals surface area (Å²) in [5, 5.41) is 12.0. The van der Waals surface area contributed by atoms with Crippen molar-refractivity contribution >= 4 is 17.6 Å². The molecule has 0 aliphatic heterocycles. The van der Waals surface area contributed by atoms with E-state index in [0.717, 1.165) is 5.56 Å². The summed E-state index contributed by atoms with van der Waals surface area (Å²) in [7, 11) is 3.38. The molecular weight excluding hydrogens is 232 g/mol. The molecule has 0 saturated heterocycles. The first kappa shape index (κ1) is 14.0. The molecule has 0 atom stereocenters. The molecule has 5 nitrogen and oxygen atoms in total. The molecule has 0 radical (unpaired) electrons. The molecule has 1 aromatic carbocycles. The normalized spacial score (nSPS) is 9.94. The number of carbonyl (C=O) groups excluding carboxylic acids is 1. The van der Waals surface area contributed by atoms with Gasteiger partial charge in [-0.3, -0.25) is 4.79 Å². The van der Waals surface area contributed by atoms with Crippen LogP contribution in [0.2, 0.25) is 0 Å². The zero-order chi connectivity index (χ0) is 13.7. The zero-order valence-corrected chi connectivity index (χ0v) is 10.9. The van der Waals surface area contributed by atoms with Gasteiger partial charge in [-0.25, -0.2) is 4.79 Å². The Bertz CT molecular complexity index is 456. The van der Waals surface area contributed by atoms with E-state index in [0.29, 0.717) is 18.7 Å². The van der Waals surface area contributed by atoms with Gasteiger partial charge in [0.1, 0.15) is 0 Å². The SMILES string of the molecule is Cc1ccc(C(=O)O)c(NCCC(=O)N(C)C)c1. The van der Waals surface area contributed by atoms with Gasteiger partial charge in [-0.05, 0) is 24.6 Å². The van der Waals surface area contributed by atoms with Crippen molar-refractivity contribution in [2.45, 2.75) is 13.3 Å². The standard InChI is InChI=1S/C13H18N2O3/c1-9-4-5-10(13(17)18)11(8-9)14-7-6-12(16)15(2)3/h4-5,8,14H,6-7H2,1-3H3,(H,17,18). The van der Waals surface area contributed by atoms with Crippen LogP contribution in [-0.2, 0) is 4.79 Å². The molecule has 1 aromatic rings. The van der Waals surface area contributed by atoms with Crippen molar-refractivity contribution < 1.29 is 14.7 Å². The Morgan fingerprint density at radius 2 is 2.00 bits per heavy atom. The molecular formula is C13H18N2O3. The van der Waals surface area contributed by atoms with E-state index in [1.807, 2.05) is 6.92 Å². The number of carboxylic acid groups (broad SMARTS) is 1. The summed E-state index contributed by atoms with van der Waals surface area (Å²) in [6.07, 6.45) is 0.333. The number of carboxylic acids is 1. The average molecular weight is 250 g/mol. The number of hydrogen-bond donors (Lipinski definition) is 2. The second kappa shape index (κ2) is 6.05. The van der Waals surface area contributed by atoms with Crippen LogP contribution in [0.15, 0.2) is 18.2 Å². The van der Waals surface area contributed by atoms with Crippen LogP contribution in [0.5, 0.6) is 0 Å². The number of rotatable bonds is 5. The van der Waals surface area contributed by atoms with E-state index in [-0.39, 0.29) is 11.5 Å². The number of benzene rings is 1. The molecule has 5 heteroatoms. The lowest BCUT2D eigenvalue weighted by Gasteiger charge is -2.13. The fraction of sp³-hybridized carbons (Fsp3) is 0.385. The van der Waals surface area contributed by atoms with E-state index in [1.54, 1.807) is 32.3 Å². The molecule has 0 bridgehead atoms. The first-order valence-corrected chi connectivity index (χ1v) is 5.70. The van der Waals surface area contributed by atoms with E-state index in [9.17, 15) is 9.59 Å². The van der Waals surface area contributed by atoms with Crippen LogP contribution in [0, 0.1) is 6.92 Å². The second-order valence-corrected chi connectivity index (χ2v) is 4.32. The maximum atomic E-state index is 11.4. The van der Waals surface area contributed by atoms with Crippen LogP contribution in [0.1, 0.15) is 22.3 Å². The first-order chi connectivity index (χ1) is 8.41. The highest BCUT2D eigenvalue weighted by atomic mass is 16.4. The van der Waals surface area contributed by atoms with Gasteiger partial charge in [0.15, 0.2) is 0 Å². The molecule has 1 amide bonds. The molecule has 18 heavy (non-hydrogen) atoms. The predicted octanol–water partition coefficient (Wildman–Crippen LogP) is 1.58. The summed E-state index contributed by atoms with van der Waals surface area (Å²) in [4.78, 5) is 23.9. The van der Waals surface area contributed by atoms with Crippen molar-refractivity contribution in [1.29, 1.82) is 0 Å². The lowest BCUT2D eigenvalue weighted by molar-refractivity contribution is -0.128. The number of amides is 1. The average Bonchev–Trinajstić information content (AvgIpc) is 2.28. The second-order valence-electron chi connectivity index (χ2n) is 4.32. The van der Waals surface area contributed by atoms with Gasteiger partial charge >= 0.3 is 5.97 Å². The third-order valence-electron chi connectivity index (χ3n) is 2.56. The largest absolute Gasteiger partial charge is 0.478 e. The summed E-state index contributed by atoms with van der Waals surface area (Å²) in [6, 6.07) is 5.08. The minimum Gasteiger partial charge on any atom is -0.478 e. The van der Waals surface area contributed by atoms with E-state index in [2.05, 4.69) is 5.32 Å². The predicted molar refractivity (Wildman–Crippen MR) is 69.9 cm³/mol. The number of aromatic carboxylic acids is 1. The monoisotopic (exact) mass is 250 g/mol. The summed E-state index contributed by atoms with van der Waals surface area (Å²) in [5.41, 5.74) is 1.74. The quantitative estimate of drug-likeness (QED) is 0.832. The lowest BCUT2D eigenvalue weighted by Crippen LogP contribution is -2.24. The van der Waals surface area contributed by atoms with Crippen LogP contribution in [0.3, 0.4) is 0 Å². The summed E-state index contributed by atoms with van der Waals surface area (Å²) < 4.78 is 0. The van der Waals surface area contributed by atoms with Gasteiger partial charge in [-0.2, -0.15) is 0 Å². The molecule has 0 saturated carbocycles. The molecule has 0 heterocycles. The third kappa shape index (κ3) is 3.76. The third-order valence-corrected chi connectivity index (χ3v) is 2.56. The molecule has 0 aliphatic rings. The molecule has 98 valence electrons. The van der Waals surface area contributed by atoms with Gasteiger partial charge in [0.25, 0.3) is 0 Å². The fourth-order valence-electron chi connectivity index (χ4n) is 1.52. The summed E-state index contributed by atoms with van der Waals surface area (Å²) >= 11 is 0. The highest BCUT2D eigenvalue weighted by molar-refractivity contribution is 5.94. The van der Waals surface area contributed by atoms with Gasteiger partial charge in [-0.15, -0.1) is 0 Å². The highest BCUT2D eigenvalue weighted by Gasteiger charge is 2.10. The molecule has 2 N–H and O–H groups in total. The number of nitrogens with zero attached hydrogens (tertiary/aromatic N) is 1. The molecule has 0 aliphatic carbocycles. The number of aryl methyl sites for hydroxylation is 1. The van der Waals surface area contributed by atoms with Crippen molar-refractivity contribution in [2.75, 3.05) is 26.0 Å². The Labute approximate surface area is 106 Å². The van der Waals surface area contributed by atoms with Gasteiger partial charge in [-0.1, -0.05) is 6.07 Å². The van der Waals surface area contributed by atoms with Crippen molar-refractivity contribution in [3.05, 3.63) is 29.3 Å². The van der Waals surface area contributed by atoms with Crippen molar-refractivity contribution in [3.8, 4) is 0 Å². The lowest BCUT2D eigenvalue weighted by atomic mass is 10.1. The molecule has 0 unspecified atom stereocenters. The van der Waals surface area contributed by atoms with Crippen molar-refractivity contribution in [2.24, 2.45) is 0 Å². The van der Waals surface area contributed by atoms with E-state index < -0.39 is 5.97 Å². The zero-order valence-electron chi connectivity index (χ0n) is 10.9. The minimum atomic E-state index is -0.976. The van der Waals surface area contributed by atoms with Gasteiger partial charge in [0.05, 0.1) is 5.56 Å². The van der Waals surface area contributed by atoms with Crippen molar-refractivity contribution in [1.82, 2.24) is 4.90 Å². The number of nitrogens with one attached hydrogen (secondary N) is 1. The summed E-state index contributed by atoms with van der Waals surface area (Å²) in [6.45, 7) is 2.31. The van der Waals surface area contributed by atoms with Crippen LogP contribution in [0.4, 0.5) is 5.69 Å². The minimum absolute atomic E-state index is 0.00651. The Morgan fingerprint density at radius 3 is 2.56 bits per heavy atom. The van der Waals surface area contributed by atoms with Crippen LogP contribution in [0.25, 0.3) is 0 Å². The Hall–Kier alpha value is -2.04. The summed E-state index contributed by atoms with van der Waals surface area (Å²) in [5.74, 6) is -0.969. The Balaban J connectivity index is 2.69. The smallest absolute Gasteiger partial charge is 0.337 e. The van der Waals surface area contributed by atoms with Crippen molar-refractivity contribution in [3.63, 3.8) is 0 Å². The number of anilines is 1. The molecule has 0 spiro atoms. The topological polar surface area (TPSA) is 69.6 Å². The van der Waals surface area contributed by atoms with Gasteiger partial charge in [0, 0.05) is 32.7 Å². The Morgan fingerprint density at radius 1 is 1.33 bits per heavy atom. The van der Waals surface area contributed by atoms with Gasteiger partial charge < -0.3 is 15.3 Å².